The second-order valence-corrected chi connectivity index (χ2v) is 5.63. The van der Waals surface area contributed by atoms with E-state index in [9.17, 15) is 9.59 Å². The van der Waals surface area contributed by atoms with Crippen LogP contribution in [-0.2, 0) is 4.74 Å². The minimum atomic E-state index is -0.293. The Labute approximate surface area is 130 Å². The van der Waals surface area contributed by atoms with Gasteiger partial charge in [0.15, 0.2) is 0 Å². The highest BCUT2D eigenvalue weighted by molar-refractivity contribution is 5.96. The van der Waals surface area contributed by atoms with E-state index in [0.717, 1.165) is 25.9 Å². The number of pyridine rings is 1. The molecule has 2 rings (SSSR count). The van der Waals surface area contributed by atoms with Crippen molar-refractivity contribution in [2.24, 2.45) is 5.92 Å². The third-order valence-electron chi connectivity index (χ3n) is 3.86. The van der Waals surface area contributed by atoms with E-state index in [4.69, 9.17) is 4.74 Å². The molecule has 0 spiro atoms. The first-order valence-corrected chi connectivity index (χ1v) is 7.65. The Morgan fingerprint density at radius 2 is 2.00 bits per heavy atom. The number of piperidine rings is 1. The lowest BCUT2D eigenvalue weighted by Gasteiger charge is -2.30. The van der Waals surface area contributed by atoms with Gasteiger partial charge in [-0.3, -0.25) is 9.59 Å². The van der Waals surface area contributed by atoms with Crippen molar-refractivity contribution >= 4 is 11.8 Å². The topological polar surface area (TPSA) is 71.5 Å². The number of carbonyl (C=O) groups is 2. The Morgan fingerprint density at radius 3 is 2.68 bits per heavy atom. The molecule has 0 aromatic carbocycles. The van der Waals surface area contributed by atoms with Crippen molar-refractivity contribution in [1.29, 1.82) is 0 Å². The van der Waals surface area contributed by atoms with Gasteiger partial charge in [-0.1, -0.05) is 13.0 Å². The molecule has 1 fully saturated rings. The van der Waals surface area contributed by atoms with Gasteiger partial charge in [0.2, 0.25) is 0 Å². The highest BCUT2D eigenvalue weighted by Gasteiger charge is 2.22. The van der Waals surface area contributed by atoms with Gasteiger partial charge in [0.05, 0.1) is 6.61 Å². The van der Waals surface area contributed by atoms with Crippen LogP contribution in [-0.4, -0.2) is 55.0 Å². The van der Waals surface area contributed by atoms with E-state index < -0.39 is 0 Å². The quantitative estimate of drug-likeness (QED) is 0.833. The van der Waals surface area contributed by atoms with Crippen LogP contribution in [0, 0.1) is 5.92 Å². The summed E-state index contributed by atoms with van der Waals surface area (Å²) in [6.07, 6.45) is 2.03. The predicted molar refractivity (Wildman–Crippen MR) is 82.7 cm³/mol. The Bertz CT molecular complexity index is 525. The summed E-state index contributed by atoms with van der Waals surface area (Å²) in [5, 5.41) is 2.70. The maximum atomic E-state index is 12.5. The van der Waals surface area contributed by atoms with Gasteiger partial charge in [-0.05, 0) is 30.9 Å². The lowest BCUT2D eigenvalue weighted by molar-refractivity contribution is 0.0691. The number of likely N-dealkylation sites (tertiary alicyclic amines) is 1. The van der Waals surface area contributed by atoms with E-state index in [1.54, 1.807) is 25.3 Å². The first kappa shape index (κ1) is 16.4. The zero-order valence-corrected chi connectivity index (χ0v) is 13.2. The summed E-state index contributed by atoms with van der Waals surface area (Å²) in [5.41, 5.74) is 0.585. The van der Waals surface area contributed by atoms with Crippen LogP contribution in [0.3, 0.4) is 0 Å². The number of rotatable bonds is 5. The molecule has 0 aliphatic carbocycles. The van der Waals surface area contributed by atoms with Gasteiger partial charge < -0.3 is 15.0 Å². The van der Waals surface area contributed by atoms with Crippen molar-refractivity contribution < 1.29 is 14.3 Å². The molecule has 1 aromatic heterocycles. The maximum Gasteiger partial charge on any atom is 0.272 e. The van der Waals surface area contributed by atoms with Crippen LogP contribution in [0.25, 0.3) is 0 Å². The molecule has 6 nitrogen and oxygen atoms in total. The van der Waals surface area contributed by atoms with Gasteiger partial charge in [-0.2, -0.15) is 0 Å². The minimum Gasteiger partial charge on any atom is -0.383 e. The van der Waals surface area contributed by atoms with Crippen LogP contribution < -0.4 is 5.32 Å². The fourth-order valence-electron chi connectivity index (χ4n) is 2.41. The molecule has 120 valence electrons. The average Bonchev–Trinajstić information content (AvgIpc) is 2.55. The van der Waals surface area contributed by atoms with Crippen molar-refractivity contribution in [3.63, 3.8) is 0 Å². The molecule has 22 heavy (non-hydrogen) atoms. The number of hydrogen-bond acceptors (Lipinski definition) is 4. The fraction of sp³-hybridized carbons (Fsp3) is 0.562. The van der Waals surface area contributed by atoms with Crippen LogP contribution in [0.5, 0.6) is 0 Å². The van der Waals surface area contributed by atoms with Crippen LogP contribution in [0.2, 0.25) is 0 Å². The third-order valence-corrected chi connectivity index (χ3v) is 3.86. The van der Waals surface area contributed by atoms with E-state index in [-0.39, 0.29) is 17.5 Å². The summed E-state index contributed by atoms with van der Waals surface area (Å²) in [6.45, 7) is 4.57. The smallest absolute Gasteiger partial charge is 0.272 e. The number of aromatic nitrogens is 1. The SMILES string of the molecule is COCCNC(=O)c1cccc(C(=O)N2CCC(C)CC2)n1. The molecule has 1 N–H and O–H groups in total. The Morgan fingerprint density at radius 1 is 1.32 bits per heavy atom. The molecule has 0 atom stereocenters. The molecule has 0 unspecified atom stereocenters. The van der Waals surface area contributed by atoms with E-state index in [2.05, 4.69) is 17.2 Å². The third kappa shape index (κ3) is 4.27. The van der Waals surface area contributed by atoms with Crippen molar-refractivity contribution in [3.05, 3.63) is 29.6 Å². The second-order valence-electron chi connectivity index (χ2n) is 5.63. The Balaban J connectivity index is 2.01. The average molecular weight is 305 g/mol. The van der Waals surface area contributed by atoms with Crippen LogP contribution in [0.4, 0.5) is 0 Å². The molecule has 1 aliphatic rings. The summed E-state index contributed by atoms with van der Waals surface area (Å²) >= 11 is 0. The van der Waals surface area contributed by atoms with Gasteiger partial charge in [0.1, 0.15) is 11.4 Å². The number of amides is 2. The van der Waals surface area contributed by atoms with Gasteiger partial charge in [-0.25, -0.2) is 4.98 Å². The molecule has 1 aliphatic heterocycles. The highest BCUT2D eigenvalue weighted by Crippen LogP contribution is 2.17. The minimum absolute atomic E-state index is 0.0987. The fourth-order valence-corrected chi connectivity index (χ4v) is 2.41. The molecule has 2 amide bonds. The van der Waals surface area contributed by atoms with Gasteiger partial charge in [-0.15, -0.1) is 0 Å². The summed E-state index contributed by atoms with van der Waals surface area (Å²) in [7, 11) is 1.57. The lowest BCUT2D eigenvalue weighted by atomic mass is 9.99. The highest BCUT2D eigenvalue weighted by atomic mass is 16.5. The summed E-state index contributed by atoms with van der Waals surface area (Å²) in [4.78, 5) is 30.4. The first-order valence-electron chi connectivity index (χ1n) is 7.65. The predicted octanol–water partition coefficient (Wildman–Crippen LogP) is 1.33. The number of carbonyl (C=O) groups excluding carboxylic acids is 2. The van der Waals surface area contributed by atoms with Gasteiger partial charge in [0, 0.05) is 26.7 Å². The monoisotopic (exact) mass is 305 g/mol. The number of hydrogen-bond donors (Lipinski definition) is 1. The summed E-state index contributed by atoms with van der Waals surface area (Å²) in [5.74, 6) is 0.271. The number of ether oxygens (including phenoxy) is 1. The standard InChI is InChI=1S/C16H23N3O3/c1-12-6-9-19(10-7-12)16(21)14-5-3-4-13(18-14)15(20)17-8-11-22-2/h3-5,12H,6-11H2,1-2H3,(H,17,20). The Kier molecular flexibility index (Phi) is 5.89. The number of methoxy groups -OCH3 is 1. The van der Waals surface area contributed by atoms with Crippen LogP contribution in [0.15, 0.2) is 18.2 Å². The van der Waals surface area contributed by atoms with Crippen LogP contribution in [0.1, 0.15) is 40.7 Å². The van der Waals surface area contributed by atoms with Gasteiger partial charge in [0.25, 0.3) is 11.8 Å². The van der Waals surface area contributed by atoms with Crippen molar-refractivity contribution in [2.45, 2.75) is 19.8 Å². The van der Waals surface area contributed by atoms with E-state index >= 15 is 0 Å². The summed E-state index contributed by atoms with van der Waals surface area (Å²) < 4.78 is 4.88. The maximum absolute atomic E-state index is 12.5. The molecular weight excluding hydrogens is 282 g/mol. The van der Waals surface area contributed by atoms with Gasteiger partial charge >= 0.3 is 0 Å². The molecule has 1 aromatic rings. The molecule has 0 saturated carbocycles. The first-order chi connectivity index (χ1) is 10.6. The van der Waals surface area contributed by atoms with Crippen molar-refractivity contribution in [2.75, 3.05) is 33.4 Å². The number of nitrogens with zero attached hydrogens (tertiary/aromatic N) is 2. The number of nitrogens with one attached hydrogen (secondary N) is 1. The van der Waals surface area contributed by atoms with E-state index in [1.165, 1.54) is 0 Å². The van der Waals surface area contributed by atoms with Crippen LogP contribution >= 0.6 is 0 Å². The van der Waals surface area contributed by atoms with Crippen molar-refractivity contribution in [1.82, 2.24) is 15.2 Å². The zero-order valence-electron chi connectivity index (χ0n) is 13.2. The normalized spacial score (nSPS) is 15.6. The summed E-state index contributed by atoms with van der Waals surface area (Å²) in [6, 6.07) is 4.96. The largest absolute Gasteiger partial charge is 0.383 e. The van der Waals surface area contributed by atoms with E-state index in [1.807, 2.05) is 4.90 Å². The molecule has 6 heteroatoms. The zero-order chi connectivity index (χ0) is 15.9. The molecule has 0 bridgehead atoms. The molecular formula is C16H23N3O3. The van der Waals surface area contributed by atoms with Crippen molar-refractivity contribution in [3.8, 4) is 0 Å². The van der Waals surface area contributed by atoms with E-state index in [0.29, 0.717) is 24.8 Å². The molecule has 1 saturated heterocycles. The lowest BCUT2D eigenvalue weighted by Crippen LogP contribution is -2.38. The molecule has 0 radical (unpaired) electrons. The second kappa shape index (κ2) is 7.89. The Hall–Kier alpha value is -1.95. The molecule has 2 heterocycles.